The molecule has 0 aliphatic heterocycles. The monoisotopic (exact) mass is 317 g/mol. The van der Waals surface area contributed by atoms with Gasteiger partial charge in [-0.15, -0.1) is 0 Å². The van der Waals surface area contributed by atoms with E-state index in [4.69, 9.17) is 5.73 Å². The van der Waals surface area contributed by atoms with Crippen molar-refractivity contribution in [1.82, 2.24) is 0 Å². The molecule has 19 heavy (non-hydrogen) atoms. The van der Waals surface area contributed by atoms with Gasteiger partial charge in [0.05, 0.1) is 0 Å². The first-order chi connectivity index (χ1) is 8.97. The molecule has 100 valence electrons. The highest BCUT2D eigenvalue weighted by atomic mass is 79.9. The van der Waals surface area contributed by atoms with Crippen LogP contribution in [0.3, 0.4) is 0 Å². The Kier molecular flexibility index (Phi) is 4.43. The van der Waals surface area contributed by atoms with Gasteiger partial charge >= 0.3 is 0 Å². The number of halogens is 1. The Labute approximate surface area is 124 Å². The normalized spacial score (nSPS) is 12.5. The third kappa shape index (κ3) is 3.46. The van der Waals surface area contributed by atoms with E-state index in [2.05, 4.69) is 73.1 Å². The third-order valence-corrected chi connectivity index (χ3v) is 4.34. The van der Waals surface area contributed by atoms with Crippen LogP contribution in [0.25, 0.3) is 0 Å². The maximum Gasteiger partial charge on any atom is 0.0338 e. The molecule has 2 heteroatoms. The molecule has 1 atom stereocenters. The molecule has 0 fully saturated rings. The molecule has 0 spiro atoms. The molecule has 0 aliphatic rings. The topological polar surface area (TPSA) is 26.0 Å². The highest BCUT2D eigenvalue weighted by Crippen LogP contribution is 2.26. The molecule has 0 radical (unpaired) electrons. The summed E-state index contributed by atoms with van der Waals surface area (Å²) in [5.41, 5.74) is 12.7. The number of hydrogen-bond donors (Lipinski definition) is 1. The first-order valence-corrected chi connectivity index (χ1v) is 7.34. The Hall–Kier alpha value is -1.12. The van der Waals surface area contributed by atoms with Crippen molar-refractivity contribution in [2.45, 2.75) is 33.2 Å². The zero-order valence-corrected chi connectivity index (χ0v) is 13.3. The molecule has 1 unspecified atom stereocenters. The molecule has 0 saturated heterocycles. The standard InChI is InChI=1S/C17H20BrN/c1-11-5-4-6-14(7-11)10-17(19)15-8-13(3)16(18)9-12(15)2/h4-9,17H,10,19H2,1-3H3. The summed E-state index contributed by atoms with van der Waals surface area (Å²) in [6.45, 7) is 6.34. The van der Waals surface area contributed by atoms with E-state index < -0.39 is 0 Å². The fraction of sp³-hybridized carbons (Fsp3) is 0.294. The predicted molar refractivity (Wildman–Crippen MR) is 85.4 cm³/mol. The zero-order valence-electron chi connectivity index (χ0n) is 11.7. The van der Waals surface area contributed by atoms with Gasteiger partial charge in [0, 0.05) is 10.5 Å². The minimum Gasteiger partial charge on any atom is -0.324 e. The van der Waals surface area contributed by atoms with Crippen molar-refractivity contribution >= 4 is 15.9 Å². The van der Waals surface area contributed by atoms with E-state index in [1.165, 1.54) is 27.8 Å². The number of rotatable bonds is 3. The third-order valence-electron chi connectivity index (χ3n) is 3.48. The van der Waals surface area contributed by atoms with Gasteiger partial charge in [-0.05, 0) is 55.5 Å². The van der Waals surface area contributed by atoms with Crippen molar-refractivity contribution in [3.05, 3.63) is 68.7 Å². The average Bonchev–Trinajstić information content (AvgIpc) is 2.33. The minimum absolute atomic E-state index is 0.0496. The number of nitrogens with two attached hydrogens (primary N) is 1. The van der Waals surface area contributed by atoms with E-state index >= 15 is 0 Å². The molecule has 0 aromatic heterocycles. The van der Waals surface area contributed by atoms with Crippen LogP contribution in [-0.2, 0) is 6.42 Å². The molecular weight excluding hydrogens is 298 g/mol. The van der Waals surface area contributed by atoms with Gasteiger partial charge in [0.2, 0.25) is 0 Å². The Bertz CT molecular complexity index is 590. The van der Waals surface area contributed by atoms with E-state index in [1.807, 2.05) is 0 Å². The van der Waals surface area contributed by atoms with Crippen LogP contribution < -0.4 is 5.73 Å². The van der Waals surface area contributed by atoms with Crippen LogP contribution in [0.1, 0.15) is 33.9 Å². The summed E-state index contributed by atoms with van der Waals surface area (Å²) >= 11 is 3.56. The molecule has 2 aromatic carbocycles. The zero-order chi connectivity index (χ0) is 14.0. The molecule has 0 amide bonds. The highest BCUT2D eigenvalue weighted by molar-refractivity contribution is 9.10. The van der Waals surface area contributed by atoms with Crippen molar-refractivity contribution in [3.8, 4) is 0 Å². The molecule has 2 N–H and O–H groups in total. The fourth-order valence-electron chi connectivity index (χ4n) is 2.41. The SMILES string of the molecule is Cc1cccc(CC(N)c2cc(C)c(Br)cc2C)c1. The quantitative estimate of drug-likeness (QED) is 0.878. The van der Waals surface area contributed by atoms with E-state index in [0.29, 0.717) is 0 Å². The van der Waals surface area contributed by atoms with Crippen molar-refractivity contribution < 1.29 is 0 Å². The summed E-state index contributed by atoms with van der Waals surface area (Å²) < 4.78 is 1.15. The molecular formula is C17H20BrN. The molecule has 0 bridgehead atoms. The second kappa shape index (κ2) is 5.89. The Morgan fingerprint density at radius 3 is 2.47 bits per heavy atom. The molecule has 1 nitrogen and oxygen atoms in total. The van der Waals surface area contributed by atoms with Gasteiger partial charge in [-0.2, -0.15) is 0 Å². The molecule has 2 rings (SSSR count). The van der Waals surface area contributed by atoms with Crippen LogP contribution in [-0.4, -0.2) is 0 Å². The largest absolute Gasteiger partial charge is 0.324 e. The van der Waals surface area contributed by atoms with E-state index in [9.17, 15) is 0 Å². The molecule has 0 aliphatic carbocycles. The summed E-state index contributed by atoms with van der Waals surface area (Å²) in [7, 11) is 0. The lowest BCUT2D eigenvalue weighted by molar-refractivity contribution is 0.715. The summed E-state index contributed by atoms with van der Waals surface area (Å²) in [5, 5.41) is 0. The van der Waals surface area contributed by atoms with Crippen molar-refractivity contribution in [3.63, 3.8) is 0 Å². The van der Waals surface area contributed by atoms with Gasteiger partial charge in [0.15, 0.2) is 0 Å². The van der Waals surface area contributed by atoms with Crippen LogP contribution in [0.5, 0.6) is 0 Å². The Balaban J connectivity index is 2.25. The second-order valence-corrected chi connectivity index (χ2v) is 6.11. The number of aryl methyl sites for hydroxylation is 3. The van der Waals surface area contributed by atoms with Crippen LogP contribution >= 0.6 is 15.9 Å². The van der Waals surface area contributed by atoms with E-state index in [-0.39, 0.29) is 6.04 Å². The van der Waals surface area contributed by atoms with Crippen molar-refractivity contribution in [2.75, 3.05) is 0 Å². The van der Waals surface area contributed by atoms with E-state index in [1.54, 1.807) is 0 Å². The summed E-state index contributed by atoms with van der Waals surface area (Å²) in [6, 6.07) is 13.0. The summed E-state index contributed by atoms with van der Waals surface area (Å²) in [5.74, 6) is 0. The summed E-state index contributed by atoms with van der Waals surface area (Å²) in [6.07, 6.45) is 0.879. The highest BCUT2D eigenvalue weighted by Gasteiger charge is 2.11. The van der Waals surface area contributed by atoms with E-state index in [0.717, 1.165) is 10.9 Å². The molecule has 2 aromatic rings. The number of benzene rings is 2. The maximum absolute atomic E-state index is 6.38. The molecule has 0 saturated carbocycles. The van der Waals surface area contributed by atoms with Crippen molar-refractivity contribution in [1.29, 1.82) is 0 Å². The summed E-state index contributed by atoms with van der Waals surface area (Å²) in [4.78, 5) is 0. The Morgan fingerprint density at radius 1 is 1.05 bits per heavy atom. The van der Waals surface area contributed by atoms with Crippen LogP contribution in [0.2, 0.25) is 0 Å². The fourth-order valence-corrected chi connectivity index (χ4v) is 2.86. The van der Waals surface area contributed by atoms with Crippen LogP contribution in [0, 0.1) is 20.8 Å². The minimum atomic E-state index is 0.0496. The van der Waals surface area contributed by atoms with Crippen LogP contribution in [0.15, 0.2) is 40.9 Å². The van der Waals surface area contributed by atoms with Crippen molar-refractivity contribution in [2.24, 2.45) is 5.73 Å². The van der Waals surface area contributed by atoms with Crippen LogP contribution in [0.4, 0.5) is 0 Å². The first kappa shape index (κ1) is 14.3. The number of hydrogen-bond acceptors (Lipinski definition) is 1. The van der Waals surface area contributed by atoms with Gasteiger partial charge in [0.25, 0.3) is 0 Å². The predicted octanol–water partition coefficient (Wildman–Crippen LogP) is 4.62. The smallest absolute Gasteiger partial charge is 0.0338 e. The second-order valence-electron chi connectivity index (χ2n) is 5.26. The lowest BCUT2D eigenvalue weighted by Gasteiger charge is -2.17. The lowest BCUT2D eigenvalue weighted by Crippen LogP contribution is -2.15. The molecule has 0 heterocycles. The first-order valence-electron chi connectivity index (χ1n) is 6.55. The van der Waals surface area contributed by atoms with Gasteiger partial charge < -0.3 is 5.73 Å². The van der Waals surface area contributed by atoms with Gasteiger partial charge in [0.1, 0.15) is 0 Å². The lowest BCUT2D eigenvalue weighted by atomic mass is 9.94. The maximum atomic E-state index is 6.38. The van der Waals surface area contributed by atoms with Gasteiger partial charge in [-0.3, -0.25) is 0 Å². The Morgan fingerprint density at radius 2 is 1.79 bits per heavy atom. The van der Waals surface area contributed by atoms with Gasteiger partial charge in [-0.25, -0.2) is 0 Å². The average molecular weight is 318 g/mol. The van der Waals surface area contributed by atoms with Gasteiger partial charge in [-0.1, -0.05) is 51.8 Å².